The van der Waals surface area contributed by atoms with Gasteiger partial charge in [-0.05, 0) is 13.3 Å². The molecule has 0 unspecified atom stereocenters. The van der Waals surface area contributed by atoms with Gasteiger partial charge in [-0.15, -0.1) is 0 Å². The third-order valence-corrected chi connectivity index (χ3v) is 1.48. The number of hydrogen-bond acceptors (Lipinski definition) is 3. The van der Waals surface area contributed by atoms with Crippen LogP contribution < -0.4 is 5.32 Å². The molecule has 0 atom stereocenters. The van der Waals surface area contributed by atoms with Crippen molar-refractivity contribution in [2.75, 3.05) is 13.2 Å². The van der Waals surface area contributed by atoms with Crippen LogP contribution in [0.4, 0.5) is 4.79 Å². The van der Waals surface area contributed by atoms with Crippen molar-refractivity contribution in [2.45, 2.75) is 33.1 Å². The first-order valence-electron chi connectivity index (χ1n) is 4.63. The van der Waals surface area contributed by atoms with Gasteiger partial charge in [-0.1, -0.05) is 6.92 Å². The summed E-state index contributed by atoms with van der Waals surface area (Å²) in [6, 6.07) is 0. The zero-order valence-corrected chi connectivity index (χ0v) is 8.26. The van der Waals surface area contributed by atoms with E-state index in [-0.39, 0.29) is 5.78 Å². The molecule has 0 heterocycles. The lowest BCUT2D eigenvalue weighted by Crippen LogP contribution is -2.26. The maximum atomic E-state index is 11.0. The fourth-order valence-electron chi connectivity index (χ4n) is 0.890. The highest BCUT2D eigenvalue weighted by Gasteiger charge is 2.02. The monoisotopic (exact) mass is 187 g/mol. The van der Waals surface area contributed by atoms with E-state index >= 15 is 0 Å². The molecule has 0 aliphatic heterocycles. The highest BCUT2D eigenvalue weighted by atomic mass is 16.5. The van der Waals surface area contributed by atoms with Crippen molar-refractivity contribution in [2.24, 2.45) is 0 Å². The summed E-state index contributed by atoms with van der Waals surface area (Å²) >= 11 is 0. The molecule has 0 saturated heterocycles. The van der Waals surface area contributed by atoms with Gasteiger partial charge >= 0.3 is 6.09 Å². The highest BCUT2D eigenvalue weighted by Crippen LogP contribution is 1.92. The Morgan fingerprint density at radius 2 is 1.92 bits per heavy atom. The van der Waals surface area contributed by atoms with Gasteiger partial charge in [0.05, 0.1) is 6.61 Å². The minimum atomic E-state index is -0.452. The molecule has 0 rings (SSSR count). The zero-order chi connectivity index (χ0) is 10.1. The second-order valence-corrected chi connectivity index (χ2v) is 2.69. The standard InChI is InChI=1S/C9H17NO3/c1-3-5-8(11)6-7-10-9(12)13-4-2/h3-7H2,1-2H3,(H,10,12). The molecule has 0 aromatic heterocycles. The van der Waals surface area contributed by atoms with E-state index < -0.39 is 6.09 Å². The average Bonchev–Trinajstić information content (AvgIpc) is 2.05. The Morgan fingerprint density at radius 3 is 2.46 bits per heavy atom. The van der Waals surface area contributed by atoms with Crippen LogP contribution in [0.3, 0.4) is 0 Å². The Bertz CT molecular complexity index is 150. The number of carbonyl (C=O) groups is 2. The first kappa shape index (κ1) is 11.9. The molecule has 0 aliphatic rings. The van der Waals surface area contributed by atoms with Crippen LogP contribution in [-0.2, 0) is 9.53 Å². The minimum Gasteiger partial charge on any atom is -0.450 e. The number of ketones is 1. The first-order valence-corrected chi connectivity index (χ1v) is 4.63. The smallest absolute Gasteiger partial charge is 0.407 e. The number of rotatable bonds is 6. The predicted octanol–water partition coefficient (Wildman–Crippen LogP) is 1.49. The third-order valence-electron chi connectivity index (χ3n) is 1.48. The molecule has 0 saturated carbocycles. The van der Waals surface area contributed by atoms with E-state index in [9.17, 15) is 9.59 Å². The Balaban J connectivity index is 3.33. The largest absolute Gasteiger partial charge is 0.450 e. The number of carbonyl (C=O) groups excluding carboxylic acids is 2. The van der Waals surface area contributed by atoms with Crippen LogP contribution >= 0.6 is 0 Å². The Kier molecular flexibility index (Phi) is 6.96. The Morgan fingerprint density at radius 1 is 1.23 bits per heavy atom. The van der Waals surface area contributed by atoms with Crippen LogP contribution in [0, 0.1) is 0 Å². The molecule has 4 heteroatoms. The normalized spacial score (nSPS) is 9.38. The first-order chi connectivity index (χ1) is 6.20. The van der Waals surface area contributed by atoms with Crippen LogP contribution in [0.2, 0.25) is 0 Å². The van der Waals surface area contributed by atoms with E-state index in [0.29, 0.717) is 26.0 Å². The molecule has 0 bridgehead atoms. The topological polar surface area (TPSA) is 55.4 Å². The van der Waals surface area contributed by atoms with Crippen LogP contribution in [0.25, 0.3) is 0 Å². The van der Waals surface area contributed by atoms with Crippen molar-refractivity contribution >= 4 is 11.9 Å². The molecule has 0 fully saturated rings. The molecule has 76 valence electrons. The lowest BCUT2D eigenvalue weighted by atomic mass is 10.2. The van der Waals surface area contributed by atoms with E-state index in [2.05, 4.69) is 10.1 Å². The van der Waals surface area contributed by atoms with Gasteiger partial charge in [-0.3, -0.25) is 4.79 Å². The van der Waals surface area contributed by atoms with Gasteiger partial charge < -0.3 is 10.1 Å². The van der Waals surface area contributed by atoms with Gasteiger partial charge in [0.25, 0.3) is 0 Å². The summed E-state index contributed by atoms with van der Waals surface area (Å²) in [5.41, 5.74) is 0. The van der Waals surface area contributed by atoms with Crippen LogP contribution in [-0.4, -0.2) is 25.0 Å². The van der Waals surface area contributed by atoms with E-state index in [0.717, 1.165) is 6.42 Å². The minimum absolute atomic E-state index is 0.180. The van der Waals surface area contributed by atoms with E-state index in [1.165, 1.54) is 0 Å². The number of ether oxygens (including phenoxy) is 1. The van der Waals surface area contributed by atoms with Crippen molar-refractivity contribution in [1.29, 1.82) is 0 Å². The lowest BCUT2D eigenvalue weighted by Gasteiger charge is -2.03. The van der Waals surface area contributed by atoms with Gasteiger partial charge in [-0.2, -0.15) is 0 Å². The van der Waals surface area contributed by atoms with Gasteiger partial charge in [0.2, 0.25) is 0 Å². The van der Waals surface area contributed by atoms with E-state index in [1.807, 2.05) is 6.92 Å². The zero-order valence-electron chi connectivity index (χ0n) is 8.26. The second-order valence-electron chi connectivity index (χ2n) is 2.69. The number of amides is 1. The third kappa shape index (κ3) is 7.31. The summed E-state index contributed by atoms with van der Waals surface area (Å²) in [5.74, 6) is 0.180. The highest BCUT2D eigenvalue weighted by molar-refractivity contribution is 5.79. The summed E-state index contributed by atoms with van der Waals surface area (Å²) in [6.07, 6.45) is 1.39. The van der Waals surface area contributed by atoms with Crippen molar-refractivity contribution in [3.05, 3.63) is 0 Å². The molecule has 1 amide bonds. The predicted molar refractivity (Wildman–Crippen MR) is 49.6 cm³/mol. The van der Waals surface area contributed by atoms with Crippen LogP contribution in [0.5, 0.6) is 0 Å². The molecular formula is C9H17NO3. The SMILES string of the molecule is CCCC(=O)CCNC(=O)OCC. The van der Waals surface area contributed by atoms with Gasteiger partial charge in [0.15, 0.2) is 0 Å². The number of Topliss-reactive ketones (excluding diaryl/α,β-unsaturated/α-hetero) is 1. The molecule has 0 aromatic rings. The molecular weight excluding hydrogens is 170 g/mol. The molecule has 13 heavy (non-hydrogen) atoms. The summed E-state index contributed by atoms with van der Waals surface area (Å²) < 4.78 is 4.62. The van der Waals surface area contributed by atoms with Crippen molar-refractivity contribution in [3.8, 4) is 0 Å². The van der Waals surface area contributed by atoms with Crippen molar-refractivity contribution in [3.63, 3.8) is 0 Å². The molecule has 0 aromatic carbocycles. The maximum absolute atomic E-state index is 11.0. The maximum Gasteiger partial charge on any atom is 0.407 e. The molecule has 0 radical (unpaired) electrons. The lowest BCUT2D eigenvalue weighted by molar-refractivity contribution is -0.118. The quantitative estimate of drug-likeness (QED) is 0.685. The van der Waals surface area contributed by atoms with Gasteiger partial charge in [-0.25, -0.2) is 4.79 Å². The summed E-state index contributed by atoms with van der Waals surface area (Å²) in [4.78, 5) is 21.7. The summed E-state index contributed by atoms with van der Waals surface area (Å²) in [7, 11) is 0. The summed E-state index contributed by atoms with van der Waals surface area (Å²) in [5, 5.41) is 2.49. The van der Waals surface area contributed by atoms with Crippen molar-refractivity contribution < 1.29 is 14.3 Å². The average molecular weight is 187 g/mol. The Labute approximate surface area is 78.6 Å². The fourth-order valence-corrected chi connectivity index (χ4v) is 0.890. The van der Waals surface area contributed by atoms with Crippen molar-refractivity contribution in [1.82, 2.24) is 5.32 Å². The van der Waals surface area contributed by atoms with Gasteiger partial charge in [0, 0.05) is 19.4 Å². The van der Waals surface area contributed by atoms with Crippen LogP contribution in [0.1, 0.15) is 33.1 Å². The fraction of sp³-hybridized carbons (Fsp3) is 0.778. The van der Waals surface area contributed by atoms with Gasteiger partial charge in [0.1, 0.15) is 5.78 Å². The second kappa shape index (κ2) is 7.58. The van der Waals surface area contributed by atoms with E-state index in [1.54, 1.807) is 6.92 Å². The number of hydrogen-bond donors (Lipinski definition) is 1. The van der Waals surface area contributed by atoms with E-state index in [4.69, 9.17) is 0 Å². The van der Waals surface area contributed by atoms with Crippen LogP contribution in [0.15, 0.2) is 0 Å². The molecule has 0 spiro atoms. The Hall–Kier alpha value is -1.06. The number of alkyl carbamates (subject to hydrolysis) is 1. The molecule has 1 N–H and O–H groups in total. The molecule has 0 aliphatic carbocycles. The number of nitrogens with one attached hydrogen (secondary N) is 1. The molecule has 4 nitrogen and oxygen atoms in total. The summed E-state index contributed by atoms with van der Waals surface area (Å²) in [6.45, 7) is 4.42.